The fourth-order valence-corrected chi connectivity index (χ4v) is 3.16. The van der Waals surface area contributed by atoms with Crippen LogP contribution < -0.4 is 44.6 Å². The summed E-state index contributed by atoms with van der Waals surface area (Å²) in [6.45, 7) is 0.525. The summed E-state index contributed by atoms with van der Waals surface area (Å²) in [5.41, 5.74) is 26.8. The summed E-state index contributed by atoms with van der Waals surface area (Å²) in [5, 5.41) is 25.4. The van der Waals surface area contributed by atoms with Crippen LogP contribution in [0.2, 0.25) is 0 Å². The first-order valence-electron chi connectivity index (χ1n) is 11.9. The number of carbonyl (C=O) groups excluding carboxylic acids is 4. The number of aliphatic imine (C=N–C) groups is 1. The molecule has 17 nitrogen and oxygen atoms in total. The van der Waals surface area contributed by atoms with Gasteiger partial charge in [0.2, 0.25) is 23.6 Å². The molecule has 0 radical (unpaired) electrons. The molecule has 0 heterocycles. The molecule has 4 atom stereocenters. The van der Waals surface area contributed by atoms with Crippen LogP contribution in [-0.2, 0) is 28.8 Å². The molecule has 0 saturated heterocycles. The van der Waals surface area contributed by atoms with E-state index in [-0.39, 0.29) is 38.2 Å². The van der Waals surface area contributed by atoms with Crippen LogP contribution >= 0.6 is 0 Å². The number of amides is 4. The molecule has 0 bridgehead atoms. The van der Waals surface area contributed by atoms with Crippen molar-refractivity contribution < 1.29 is 39.0 Å². The minimum absolute atomic E-state index is 0.0630. The van der Waals surface area contributed by atoms with Crippen LogP contribution in [0.3, 0.4) is 0 Å². The zero-order chi connectivity index (χ0) is 29.3. The fraction of sp³-hybridized carbons (Fsp3) is 0.667. The number of nitrogens with zero attached hydrogens (tertiary/aromatic N) is 1. The molecule has 0 aliphatic rings. The highest BCUT2D eigenvalue weighted by molar-refractivity contribution is 5.95. The molecule has 216 valence electrons. The number of carboxylic acid groups (broad SMARTS) is 2. The number of rotatable bonds is 20. The smallest absolute Gasteiger partial charge is 0.326 e. The highest BCUT2D eigenvalue weighted by Gasteiger charge is 2.31. The molecular formula is C21H39N9O8. The third-order valence-corrected chi connectivity index (χ3v) is 5.19. The molecule has 0 aromatic rings. The molecule has 0 aliphatic heterocycles. The van der Waals surface area contributed by atoms with E-state index in [9.17, 15) is 39.0 Å². The van der Waals surface area contributed by atoms with Gasteiger partial charge in [-0.05, 0) is 45.1 Å². The Balaban J connectivity index is 5.47. The molecule has 0 rings (SSSR count). The second kappa shape index (κ2) is 18.3. The van der Waals surface area contributed by atoms with Crippen LogP contribution in [-0.4, -0.2) is 89.0 Å². The Morgan fingerprint density at radius 3 is 1.84 bits per heavy atom. The first kappa shape index (κ1) is 34.0. The van der Waals surface area contributed by atoms with Gasteiger partial charge in [0.25, 0.3) is 0 Å². The minimum atomic E-state index is -1.63. The van der Waals surface area contributed by atoms with Crippen molar-refractivity contribution in [1.29, 1.82) is 0 Å². The van der Waals surface area contributed by atoms with E-state index in [0.717, 1.165) is 0 Å². The van der Waals surface area contributed by atoms with Crippen LogP contribution in [0, 0.1) is 0 Å². The molecule has 0 aliphatic carbocycles. The van der Waals surface area contributed by atoms with Crippen LogP contribution in [0.15, 0.2) is 4.99 Å². The van der Waals surface area contributed by atoms with E-state index >= 15 is 0 Å². The van der Waals surface area contributed by atoms with E-state index in [1.165, 1.54) is 0 Å². The summed E-state index contributed by atoms with van der Waals surface area (Å²) in [6, 6.07) is -5.50. The highest BCUT2D eigenvalue weighted by atomic mass is 16.4. The monoisotopic (exact) mass is 545 g/mol. The maximum Gasteiger partial charge on any atom is 0.326 e. The van der Waals surface area contributed by atoms with Crippen molar-refractivity contribution in [3.05, 3.63) is 0 Å². The van der Waals surface area contributed by atoms with Crippen LogP contribution in [0.5, 0.6) is 0 Å². The zero-order valence-corrected chi connectivity index (χ0v) is 21.1. The number of nitrogens with two attached hydrogens (primary N) is 5. The van der Waals surface area contributed by atoms with Gasteiger partial charge in [0.05, 0.1) is 12.5 Å². The number of nitrogens with one attached hydrogen (secondary N) is 3. The number of primary amides is 1. The van der Waals surface area contributed by atoms with E-state index in [1.54, 1.807) is 0 Å². The summed E-state index contributed by atoms with van der Waals surface area (Å²) in [7, 11) is 0. The summed E-state index contributed by atoms with van der Waals surface area (Å²) >= 11 is 0. The average molecular weight is 546 g/mol. The molecule has 0 spiro atoms. The molecule has 4 unspecified atom stereocenters. The van der Waals surface area contributed by atoms with Crippen LogP contribution in [0.1, 0.15) is 51.4 Å². The number of unbranched alkanes of at least 4 members (excludes halogenated alkanes) is 1. The lowest BCUT2D eigenvalue weighted by Gasteiger charge is -2.24. The topological polar surface area (TPSA) is 321 Å². The predicted octanol–water partition coefficient (Wildman–Crippen LogP) is -4.22. The zero-order valence-electron chi connectivity index (χ0n) is 21.1. The molecule has 38 heavy (non-hydrogen) atoms. The molecule has 15 N–H and O–H groups in total. The number of hydrogen-bond acceptors (Lipinski definition) is 9. The fourth-order valence-electron chi connectivity index (χ4n) is 3.16. The van der Waals surface area contributed by atoms with Crippen molar-refractivity contribution in [2.75, 3.05) is 13.1 Å². The largest absolute Gasteiger partial charge is 0.481 e. The first-order chi connectivity index (χ1) is 17.8. The van der Waals surface area contributed by atoms with Gasteiger partial charge < -0.3 is 54.8 Å². The van der Waals surface area contributed by atoms with Gasteiger partial charge in [-0.1, -0.05) is 0 Å². The van der Waals surface area contributed by atoms with Crippen molar-refractivity contribution in [2.24, 2.45) is 33.7 Å². The number of carboxylic acids is 2. The Bertz CT molecular complexity index is 864. The van der Waals surface area contributed by atoms with Gasteiger partial charge >= 0.3 is 11.9 Å². The van der Waals surface area contributed by atoms with Gasteiger partial charge in [0, 0.05) is 13.0 Å². The third-order valence-electron chi connectivity index (χ3n) is 5.19. The van der Waals surface area contributed by atoms with Crippen molar-refractivity contribution in [3.63, 3.8) is 0 Å². The molecule has 0 saturated carbocycles. The van der Waals surface area contributed by atoms with E-state index in [1.807, 2.05) is 0 Å². The lowest BCUT2D eigenvalue weighted by Crippen LogP contribution is -2.57. The van der Waals surface area contributed by atoms with Crippen molar-refractivity contribution in [1.82, 2.24) is 16.0 Å². The first-order valence-corrected chi connectivity index (χ1v) is 11.9. The Kier molecular flexibility index (Phi) is 16.4. The number of carbonyl (C=O) groups is 6. The van der Waals surface area contributed by atoms with Gasteiger partial charge in [-0.25, -0.2) is 4.79 Å². The number of guanidine groups is 1. The lowest BCUT2D eigenvalue weighted by atomic mass is 10.1. The standard InChI is InChI=1S/C21H39N9O8/c22-8-2-1-5-13(20(37)38)29-18(35)12(6-7-15(24)31)28-19(36)14(10-16(32)33)30-17(34)11(23)4-3-9-27-21(25)26/h11-14H,1-10,22-23H2,(H2,24,31)(H,28,36)(H,29,35)(H,30,34)(H,32,33)(H,37,38)(H4,25,26,27). The third kappa shape index (κ3) is 15.2. The SMILES string of the molecule is NCCCCC(NC(=O)C(CCC(N)=O)NC(=O)C(CC(=O)O)NC(=O)C(N)CCCN=C(N)N)C(=O)O. The van der Waals surface area contributed by atoms with Crippen molar-refractivity contribution in [3.8, 4) is 0 Å². The maximum absolute atomic E-state index is 12.9. The van der Waals surface area contributed by atoms with E-state index < -0.39 is 66.2 Å². The van der Waals surface area contributed by atoms with Gasteiger partial charge in [0.15, 0.2) is 5.96 Å². The number of hydrogen-bond donors (Lipinski definition) is 10. The predicted molar refractivity (Wildman–Crippen MR) is 135 cm³/mol. The van der Waals surface area contributed by atoms with E-state index in [2.05, 4.69) is 20.9 Å². The second-order valence-corrected chi connectivity index (χ2v) is 8.46. The van der Waals surface area contributed by atoms with Gasteiger partial charge in [-0.2, -0.15) is 0 Å². The molecule has 4 amide bonds. The maximum atomic E-state index is 12.9. The highest BCUT2D eigenvalue weighted by Crippen LogP contribution is 2.06. The Labute approximate surface area is 219 Å². The molecule has 0 aromatic carbocycles. The molecular weight excluding hydrogens is 506 g/mol. The quantitative estimate of drug-likeness (QED) is 0.0395. The summed E-state index contributed by atoms with van der Waals surface area (Å²) in [4.78, 5) is 75.9. The average Bonchev–Trinajstić information content (AvgIpc) is 2.82. The number of aliphatic carboxylic acids is 2. The van der Waals surface area contributed by atoms with Crippen LogP contribution in [0.4, 0.5) is 0 Å². The summed E-state index contributed by atoms with van der Waals surface area (Å²) in [5.74, 6) is -6.51. The van der Waals surface area contributed by atoms with Crippen molar-refractivity contribution in [2.45, 2.75) is 75.5 Å². The second-order valence-electron chi connectivity index (χ2n) is 8.46. The lowest BCUT2D eigenvalue weighted by molar-refractivity contribution is -0.143. The van der Waals surface area contributed by atoms with Gasteiger partial charge in [-0.3, -0.25) is 29.0 Å². The normalized spacial score (nSPS) is 13.7. The molecule has 0 aromatic heterocycles. The van der Waals surface area contributed by atoms with E-state index in [0.29, 0.717) is 25.8 Å². The van der Waals surface area contributed by atoms with Crippen molar-refractivity contribution >= 4 is 41.5 Å². The van der Waals surface area contributed by atoms with E-state index in [4.69, 9.17) is 28.7 Å². The summed E-state index contributed by atoms with van der Waals surface area (Å²) < 4.78 is 0. The minimum Gasteiger partial charge on any atom is -0.481 e. The Hall–Kier alpha value is -3.99. The van der Waals surface area contributed by atoms with Gasteiger partial charge in [0.1, 0.15) is 18.1 Å². The van der Waals surface area contributed by atoms with Gasteiger partial charge in [-0.15, -0.1) is 0 Å². The van der Waals surface area contributed by atoms with Crippen LogP contribution in [0.25, 0.3) is 0 Å². The molecule has 17 heteroatoms. The Morgan fingerprint density at radius 1 is 0.737 bits per heavy atom. The Morgan fingerprint density at radius 2 is 1.32 bits per heavy atom. The molecule has 0 fully saturated rings. The summed E-state index contributed by atoms with van der Waals surface area (Å²) in [6.07, 6.45) is -0.0612.